The molecule has 0 heterocycles. The predicted octanol–water partition coefficient (Wildman–Crippen LogP) is 2.54. The lowest BCUT2D eigenvalue weighted by molar-refractivity contribution is -0.192. The molecule has 0 aliphatic carbocycles. The van der Waals surface area contributed by atoms with E-state index in [9.17, 15) is 13.2 Å². The van der Waals surface area contributed by atoms with E-state index in [1.807, 2.05) is 0 Å². The molecule has 1 aromatic carbocycles. The van der Waals surface area contributed by atoms with Gasteiger partial charge in [0.2, 0.25) is 0 Å². The van der Waals surface area contributed by atoms with Gasteiger partial charge in [0.05, 0.1) is 6.04 Å². The molecular formula is C10H12F3NO2. The Morgan fingerprint density at radius 2 is 1.88 bits per heavy atom. The molecule has 1 rings (SSSR count). The number of rotatable bonds is 4. The van der Waals surface area contributed by atoms with Crippen LogP contribution in [0.4, 0.5) is 13.2 Å². The van der Waals surface area contributed by atoms with Crippen molar-refractivity contribution in [3.63, 3.8) is 0 Å². The quantitative estimate of drug-likeness (QED) is 0.788. The first-order chi connectivity index (χ1) is 7.38. The maximum Gasteiger partial charge on any atom is 0.413 e. The maximum absolute atomic E-state index is 11.8. The first-order valence-electron chi connectivity index (χ1n) is 4.61. The van der Waals surface area contributed by atoms with Crippen molar-refractivity contribution in [1.29, 1.82) is 0 Å². The largest absolute Gasteiger partial charge is 0.508 e. The van der Waals surface area contributed by atoms with Crippen LogP contribution in [0.25, 0.3) is 0 Å². The number of hydroxylamine groups is 1. The van der Waals surface area contributed by atoms with E-state index in [1.165, 1.54) is 12.1 Å². The Kier molecular flexibility index (Phi) is 4.14. The molecule has 3 nitrogen and oxygen atoms in total. The van der Waals surface area contributed by atoms with Crippen molar-refractivity contribution in [3.8, 4) is 5.75 Å². The highest BCUT2D eigenvalue weighted by Crippen LogP contribution is 2.18. The van der Waals surface area contributed by atoms with Gasteiger partial charge in [-0.25, -0.2) is 0 Å². The van der Waals surface area contributed by atoms with E-state index in [-0.39, 0.29) is 11.8 Å². The minimum absolute atomic E-state index is 0.104. The summed E-state index contributed by atoms with van der Waals surface area (Å²) in [6, 6.07) is 5.73. The van der Waals surface area contributed by atoms with Crippen molar-refractivity contribution in [1.82, 2.24) is 5.48 Å². The second-order valence-electron chi connectivity index (χ2n) is 3.33. The predicted molar refractivity (Wildman–Crippen MR) is 51.7 cm³/mol. The number of phenols is 1. The van der Waals surface area contributed by atoms with Crippen molar-refractivity contribution in [2.75, 3.05) is 6.61 Å². The lowest BCUT2D eigenvalue weighted by Crippen LogP contribution is -2.26. The number of halogens is 3. The van der Waals surface area contributed by atoms with Crippen molar-refractivity contribution < 1.29 is 23.1 Å². The van der Waals surface area contributed by atoms with Gasteiger partial charge in [-0.1, -0.05) is 12.1 Å². The zero-order chi connectivity index (χ0) is 12.2. The van der Waals surface area contributed by atoms with Crippen LogP contribution in [-0.2, 0) is 4.84 Å². The van der Waals surface area contributed by atoms with Crippen LogP contribution in [-0.4, -0.2) is 17.9 Å². The average Bonchev–Trinajstić information content (AvgIpc) is 2.16. The number of hydrogen-bond acceptors (Lipinski definition) is 3. The fourth-order valence-corrected chi connectivity index (χ4v) is 1.08. The summed E-state index contributed by atoms with van der Waals surface area (Å²) in [5.74, 6) is 0.104. The molecule has 1 unspecified atom stereocenters. The highest BCUT2D eigenvalue weighted by molar-refractivity contribution is 5.27. The Bertz CT molecular complexity index is 324. The molecule has 0 radical (unpaired) electrons. The molecule has 0 spiro atoms. The summed E-state index contributed by atoms with van der Waals surface area (Å²) in [4.78, 5) is 4.31. The van der Waals surface area contributed by atoms with E-state index in [0.717, 1.165) is 5.56 Å². The molecule has 0 aliphatic heterocycles. The van der Waals surface area contributed by atoms with Crippen LogP contribution in [0.1, 0.15) is 18.5 Å². The Labute approximate surface area is 90.8 Å². The molecule has 0 bridgehead atoms. The number of alkyl halides is 3. The summed E-state index contributed by atoms with van der Waals surface area (Å²) in [5, 5.41) is 9.02. The second-order valence-corrected chi connectivity index (χ2v) is 3.33. The smallest absolute Gasteiger partial charge is 0.413 e. The Hall–Kier alpha value is -1.27. The zero-order valence-electron chi connectivity index (χ0n) is 8.58. The van der Waals surface area contributed by atoms with Gasteiger partial charge in [-0.3, -0.25) is 4.84 Å². The van der Waals surface area contributed by atoms with Crippen LogP contribution in [0.5, 0.6) is 5.75 Å². The monoisotopic (exact) mass is 235 g/mol. The third-order valence-electron chi connectivity index (χ3n) is 1.89. The van der Waals surface area contributed by atoms with Crippen molar-refractivity contribution in [3.05, 3.63) is 29.8 Å². The molecule has 0 saturated carbocycles. The lowest BCUT2D eigenvalue weighted by atomic mass is 10.1. The number of nitrogens with one attached hydrogen (secondary N) is 1. The average molecular weight is 235 g/mol. The van der Waals surface area contributed by atoms with Crippen molar-refractivity contribution >= 4 is 0 Å². The highest BCUT2D eigenvalue weighted by Gasteiger charge is 2.28. The van der Waals surface area contributed by atoms with Gasteiger partial charge in [0, 0.05) is 0 Å². The number of phenolic OH excluding ortho intramolecular Hbond substituents is 1. The number of hydrogen-bond donors (Lipinski definition) is 2. The van der Waals surface area contributed by atoms with Crippen LogP contribution in [0.2, 0.25) is 0 Å². The van der Waals surface area contributed by atoms with Crippen LogP contribution >= 0.6 is 0 Å². The minimum Gasteiger partial charge on any atom is -0.508 e. The van der Waals surface area contributed by atoms with E-state index in [1.54, 1.807) is 19.1 Å². The summed E-state index contributed by atoms with van der Waals surface area (Å²) in [7, 11) is 0. The molecule has 6 heteroatoms. The van der Waals surface area contributed by atoms with Gasteiger partial charge in [-0.15, -0.1) is 0 Å². The fraction of sp³-hybridized carbons (Fsp3) is 0.400. The number of aromatic hydroxyl groups is 1. The lowest BCUT2D eigenvalue weighted by Gasteiger charge is -2.15. The Morgan fingerprint density at radius 1 is 1.31 bits per heavy atom. The van der Waals surface area contributed by atoms with Gasteiger partial charge in [0.1, 0.15) is 5.75 Å². The minimum atomic E-state index is -4.35. The van der Waals surface area contributed by atoms with Gasteiger partial charge in [-0.05, 0) is 24.6 Å². The van der Waals surface area contributed by atoms with Gasteiger partial charge in [0.15, 0.2) is 6.61 Å². The third-order valence-corrected chi connectivity index (χ3v) is 1.89. The molecule has 1 aromatic rings. The van der Waals surface area contributed by atoms with E-state index in [0.29, 0.717) is 0 Å². The molecule has 90 valence electrons. The molecule has 16 heavy (non-hydrogen) atoms. The van der Waals surface area contributed by atoms with Crippen LogP contribution in [0.3, 0.4) is 0 Å². The molecule has 0 aliphatic rings. The van der Waals surface area contributed by atoms with Crippen molar-refractivity contribution in [2.24, 2.45) is 0 Å². The first kappa shape index (κ1) is 12.8. The van der Waals surface area contributed by atoms with E-state index in [4.69, 9.17) is 5.11 Å². The highest BCUT2D eigenvalue weighted by atomic mass is 19.4. The van der Waals surface area contributed by atoms with Crippen LogP contribution in [0, 0.1) is 0 Å². The molecule has 2 N–H and O–H groups in total. The fourth-order valence-electron chi connectivity index (χ4n) is 1.08. The van der Waals surface area contributed by atoms with E-state index >= 15 is 0 Å². The molecular weight excluding hydrogens is 223 g/mol. The third kappa shape index (κ3) is 4.50. The number of benzene rings is 1. The standard InChI is InChI=1S/C10H12F3NO2/c1-7(14-16-6-10(11,12)13)8-2-4-9(15)5-3-8/h2-5,7,14-15H,6H2,1H3. The summed E-state index contributed by atoms with van der Waals surface area (Å²) in [6.07, 6.45) is -4.35. The molecule has 1 atom stereocenters. The molecule has 0 fully saturated rings. The normalized spacial score (nSPS) is 13.8. The second kappa shape index (κ2) is 5.18. The summed E-state index contributed by atoms with van der Waals surface area (Å²) >= 11 is 0. The van der Waals surface area contributed by atoms with Crippen LogP contribution in [0.15, 0.2) is 24.3 Å². The molecule has 0 aromatic heterocycles. The summed E-state index contributed by atoms with van der Waals surface area (Å²) in [5.41, 5.74) is 3.00. The van der Waals surface area contributed by atoms with Gasteiger partial charge < -0.3 is 5.11 Å². The molecule has 0 amide bonds. The maximum atomic E-state index is 11.8. The zero-order valence-corrected chi connectivity index (χ0v) is 8.58. The topological polar surface area (TPSA) is 41.5 Å². The van der Waals surface area contributed by atoms with Gasteiger partial charge in [0.25, 0.3) is 0 Å². The van der Waals surface area contributed by atoms with Crippen molar-refractivity contribution in [2.45, 2.75) is 19.1 Å². The van der Waals surface area contributed by atoms with Gasteiger partial charge in [-0.2, -0.15) is 18.7 Å². The van der Waals surface area contributed by atoms with Gasteiger partial charge >= 0.3 is 6.18 Å². The Morgan fingerprint density at radius 3 is 2.38 bits per heavy atom. The molecule has 0 saturated heterocycles. The summed E-state index contributed by atoms with van der Waals surface area (Å²) in [6.45, 7) is 0.318. The Balaban J connectivity index is 2.41. The SMILES string of the molecule is CC(NOCC(F)(F)F)c1ccc(O)cc1. The summed E-state index contributed by atoms with van der Waals surface area (Å²) < 4.78 is 35.3. The van der Waals surface area contributed by atoms with Crippen LogP contribution < -0.4 is 5.48 Å². The van der Waals surface area contributed by atoms with E-state index in [2.05, 4.69) is 10.3 Å². The van der Waals surface area contributed by atoms with E-state index < -0.39 is 12.8 Å². The first-order valence-corrected chi connectivity index (χ1v) is 4.61.